The van der Waals surface area contributed by atoms with Crippen molar-refractivity contribution in [1.29, 1.82) is 0 Å². The summed E-state index contributed by atoms with van der Waals surface area (Å²) in [4.78, 5) is 0.0580. The van der Waals surface area contributed by atoms with Crippen LogP contribution in [0.1, 0.15) is 32.1 Å². The topological polar surface area (TPSA) is 37.4 Å². The molecule has 2 atom stereocenters. The molecule has 1 aromatic rings. The lowest BCUT2D eigenvalue weighted by molar-refractivity contribution is 0.136. The van der Waals surface area contributed by atoms with Crippen LogP contribution in [0.3, 0.4) is 0 Å². The Hall–Kier alpha value is -0.290. The number of halogens is 2. The second kappa shape index (κ2) is 6.07. The highest BCUT2D eigenvalue weighted by atomic mass is 35.5. The fourth-order valence-electron chi connectivity index (χ4n) is 3.64. The minimum atomic E-state index is -3.60. The molecule has 0 N–H and O–H groups in total. The first-order valence-electron chi connectivity index (χ1n) is 7.44. The van der Waals surface area contributed by atoms with E-state index in [0.717, 1.165) is 12.8 Å². The van der Waals surface area contributed by atoms with Crippen LogP contribution in [0.25, 0.3) is 0 Å². The highest BCUT2D eigenvalue weighted by Gasteiger charge is 2.37. The molecule has 1 aliphatic carbocycles. The fraction of sp³-hybridized carbons (Fsp3) is 0.600. The Balaban J connectivity index is 1.89. The standard InChI is InChI=1S/C15H19Cl2NO2S/c16-13-6-3-7-14(17)15(13)21(19,20)18-9-8-11-4-1-2-5-12(11)10-18/h3,6-7,11-12H,1-2,4-5,8-10H2/t11-,12+/m0/s1. The third-order valence-electron chi connectivity index (χ3n) is 4.77. The van der Waals surface area contributed by atoms with Crippen LogP contribution >= 0.6 is 23.2 Å². The Morgan fingerprint density at radius 1 is 1.00 bits per heavy atom. The molecule has 21 heavy (non-hydrogen) atoms. The summed E-state index contributed by atoms with van der Waals surface area (Å²) in [6.07, 6.45) is 5.82. The van der Waals surface area contributed by atoms with Crippen LogP contribution in [0.4, 0.5) is 0 Å². The van der Waals surface area contributed by atoms with E-state index in [2.05, 4.69) is 0 Å². The summed E-state index contributed by atoms with van der Waals surface area (Å²) in [6, 6.07) is 4.82. The molecule has 1 aromatic carbocycles. The van der Waals surface area contributed by atoms with Gasteiger partial charge in [-0.15, -0.1) is 0 Å². The average molecular weight is 348 g/mol. The van der Waals surface area contributed by atoms with Crippen molar-refractivity contribution in [3.63, 3.8) is 0 Å². The summed E-state index contributed by atoms with van der Waals surface area (Å²) >= 11 is 12.2. The van der Waals surface area contributed by atoms with E-state index in [0.29, 0.717) is 24.9 Å². The van der Waals surface area contributed by atoms with Gasteiger partial charge < -0.3 is 0 Å². The summed E-state index contributed by atoms with van der Waals surface area (Å²) in [7, 11) is -3.60. The summed E-state index contributed by atoms with van der Waals surface area (Å²) < 4.78 is 27.3. The molecule has 1 aliphatic heterocycles. The SMILES string of the molecule is O=S(=O)(c1c(Cl)cccc1Cl)N1CC[C@@H]2CCCC[C@@H]2C1. The van der Waals surface area contributed by atoms with E-state index in [9.17, 15) is 8.42 Å². The maximum atomic E-state index is 12.9. The molecule has 0 aromatic heterocycles. The molecule has 0 unspecified atom stereocenters. The highest BCUT2D eigenvalue weighted by molar-refractivity contribution is 7.89. The van der Waals surface area contributed by atoms with Crippen molar-refractivity contribution < 1.29 is 8.42 Å². The van der Waals surface area contributed by atoms with Crippen LogP contribution in [0.2, 0.25) is 10.0 Å². The number of nitrogens with zero attached hydrogens (tertiary/aromatic N) is 1. The molecule has 1 saturated carbocycles. The smallest absolute Gasteiger partial charge is 0.207 e. The fourth-order valence-corrected chi connectivity index (χ4v) is 6.25. The molecule has 0 bridgehead atoms. The minimum Gasteiger partial charge on any atom is -0.207 e. The average Bonchev–Trinajstić information content (AvgIpc) is 2.46. The number of benzene rings is 1. The predicted octanol–water partition coefficient (Wildman–Crippen LogP) is 4.19. The monoisotopic (exact) mass is 347 g/mol. The van der Waals surface area contributed by atoms with Crippen LogP contribution < -0.4 is 0 Å². The van der Waals surface area contributed by atoms with Gasteiger partial charge in [-0.2, -0.15) is 4.31 Å². The first-order valence-corrected chi connectivity index (χ1v) is 9.64. The maximum Gasteiger partial charge on any atom is 0.246 e. The lowest BCUT2D eigenvalue weighted by Crippen LogP contribution is -2.44. The van der Waals surface area contributed by atoms with Crippen molar-refractivity contribution in [3.05, 3.63) is 28.2 Å². The molecule has 3 nitrogen and oxygen atoms in total. The summed E-state index contributed by atoms with van der Waals surface area (Å²) in [6.45, 7) is 1.18. The van der Waals surface area contributed by atoms with Gasteiger partial charge in [0, 0.05) is 13.1 Å². The van der Waals surface area contributed by atoms with E-state index >= 15 is 0 Å². The third-order valence-corrected chi connectivity index (χ3v) is 7.59. The normalized spacial score (nSPS) is 27.3. The van der Waals surface area contributed by atoms with E-state index in [1.165, 1.54) is 19.3 Å². The van der Waals surface area contributed by atoms with Gasteiger partial charge in [-0.3, -0.25) is 0 Å². The molecule has 0 amide bonds. The van der Waals surface area contributed by atoms with Crippen molar-refractivity contribution >= 4 is 33.2 Å². The molecule has 2 aliphatic rings. The Bertz CT molecular complexity index is 612. The van der Waals surface area contributed by atoms with Crippen molar-refractivity contribution in [2.45, 2.75) is 37.0 Å². The molecule has 1 heterocycles. The van der Waals surface area contributed by atoms with E-state index < -0.39 is 10.0 Å². The molecule has 6 heteroatoms. The van der Waals surface area contributed by atoms with Crippen LogP contribution in [0.15, 0.2) is 23.1 Å². The third kappa shape index (κ3) is 2.96. The molecule has 1 saturated heterocycles. The summed E-state index contributed by atoms with van der Waals surface area (Å²) in [5.74, 6) is 1.18. The first kappa shape index (κ1) is 15.6. The van der Waals surface area contributed by atoms with Gasteiger partial charge in [0.05, 0.1) is 10.0 Å². The molecule has 0 spiro atoms. The lowest BCUT2D eigenvalue weighted by atomic mass is 9.76. The molecule has 0 radical (unpaired) electrons. The molecule has 2 fully saturated rings. The van der Waals surface area contributed by atoms with Crippen LogP contribution in [0, 0.1) is 11.8 Å². The van der Waals surface area contributed by atoms with Gasteiger partial charge in [0.15, 0.2) is 0 Å². The zero-order valence-electron chi connectivity index (χ0n) is 11.8. The number of piperidine rings is 1. The quantitative estimate of drug-likeness (QED) is 0.803. The number of sulfonamides is 1. The Kier molecular flexibility index (Phi) is 4.51. The zero-order chi connectivity index (χ0) is 15.0. The Labute approximate surface area is 136 Å². The van der Waals surface area contributed by atoms with Gasteiger partial charge in [0.1, 0.15) is 4.90 Å². The maximum absolute atomic E-state index is 12.9. The van der Waals surface area contributed by atoms with Crippen molar-refractivity contribution in [1.82, 2.24) is 4.31 Å². The largest absolute Gasteiger partial charge is 0.246 e. The summed E-state index contributed by atoms with van der Waals surface area (Å²) in [5, 5.41) is 0.404. The number of hydrogen-bond acceptors (Lipinski definition) is 2. The van der Waals surface area contributed by atoms with Crippen molar-refractivity contribution in [3.8, 4) is 0 Å². The molecular weight excluding hydrogens is 329 g/mol. The second-order valence-corrected chi connectivity index (χ2v) is 8.70. The molecular formula is C15H19Cl2NO2S. The van der Waals surface area contributed by atoms with E-state index in [1.807, 2.05) is 0 Å². The first-order chi connectivity index (χ1) is 10.00. The molecule has 116 valence electrons. The van der Waals surface area contributed by atoms with Gasteiger partial charge in [-0.1, -0.05) is 48.5 Å². The van der Waals surface area contributed by atoms with Crippen molar-refractivity contribution in [2.75, 3.05) is 13.1 Å². The number of fused-ring (bicyclic) bond motifs is 1. The van der Waals surface area contributed by atoms with E-state index in [-0.39, 0.29) is 14.9 Å². The number of rotatable bonds is 2. The van der Waals surface area contributed by atoms with Crippen LogP contribution in [-0.2, 0) is 10.0 Å². The molecule has 3 rings (SSSR count). The van der Waals surface area contributed by atoms with Crippen LogP contribution in [-0.4, -0.2) is 25.8 Å². The van der Waals surface area contributed by atoms with Crippen molar-refractivity contribution in [2.24, 2.45) is 11.8 Å². The summed E-state index contributed by atoms with van der Waals surface area (Å²) in [5.41, 5.74) is 0. The predicted molar refractivity (Wildman–Crippen MR) is 85.3 cm³/mol. The lowest BCUT2D eigenvalue weighted by Gasteiger charge is -2.40. The Morgan fingerprint density at radius 3 is 2.29 bits per heavy atom. The van der Waals surface area contributed by atoms with Gasteiger partial charge in [-0.25, -0.2) is 8.42 Å². The van der Waals surface area contributed by atoms with Gasteiger partial charge in [0.25, 0.3) is 0 Å². The number of hydrogen-bond donors (Lipinski definition) is 0. The highest BCUT2D eigenvalue weighted by Crippen LogP contribution is 2.39. The van der Waals surface area contributed by atoms with E-state index in [4.69, 9.17) is 23.2 Å². The zero-order valence-corrected chi connectivity index (χ0v) is 14.1. The van der Waals surface area contributed by atoms with Gasteiger partial charge in [-0.05, 0) is 36.8 Å². The van der Waals surface area contributed by atoms with Crippen LogP contribution in [0.5, 0.6) is 0 Å². The minimum absolute atomic E-state index is 0.0580. The second-order valence-electron chi connectivity index (χ2n) is 6.01. The Morgan fingerprint density at radius 2 is 1.62 bits per heavy atom. The van der Waals surface area contributed by atoms with E-state index in [1.54, 1.807) is 22.5 Å². The van der Waals surface area contributed by atoms with Gasteiger partial charge >= 0.3 is 0 Å². The van der Waals surface area contributed by atoms with Gasteiger partial charge in [0.2, 0.25) is 10.0 Å².